The lowest BCUT2D eigenvalue weighted by atomic mass is 10.0. The second kappa shape index (κ2) is 9.66. The quantitative estimate of drug-likeness (QED) is 0.496. The van der Waals surface area contributed by atoms with Gasteiger partial charge in [-0.05, 0) is 35.7 Å². The van der Waals surface area contributed by atoms with E-state index in [1.165, 1.54) is 12.1 Å². The Labute approximate surface area is 163 Å². The number of alkyl halides is 3. The number of carbonyl (C=O) groups is 1. The largest absolute Gasteiger partial charge is 0.465 e. The fraction of sp³-hybridized carbons (Fsp3) is 0.316. The molecule has 1 amide bonds. The van der Waals surface area contributed by atoms with E-state index in [0.29, 0.717) is 11.6 Å². The predicted octanol–water partition coefficient (Wildman–Crippen LogP) is 3.31. The van der Waals surface area contributed by atoms with E-state index in [0.717, 1.165) is 24.3 Å². The average Bonchev–Trinajstić information content (AvgIpc) is 2.59. The van der Waals surface area contributed by atoms with Crippen LogP contribution in [0.25, 0.3) is 0 Å². The van der Waals surface area contributed by atoms with E-state index in [1.54, 1.807) is 0 Å². The molecule has 0 saturated heterocycles. The smallest absolute Gasteiger partial charge is 0.416 e. The molecular formula is C19H19F5N2O3. The van der Waals surface area contributed by atoms with Crippen molar-refractivity contribution in [3.63, 3.8) is 0 Å². The van der Waals surface area contributed by atoms with Crippen LogP contribution in [-0.2, 0) is 19.1 Å². The van der Waals surface area contributed by atoms with E-state index in [4.69, 9.17) is 5.11 Å². The van der Waals surface area contributed by atoms with Crippen molar-refractivity contribution in [2.24, 2.45) is 0 Å². The van der Waals surface area contributed by atoms with E-state index in [9.17, 15) is 31.9 Å². The lowest BCUT2D eigenvalue weighted by Crippen LogP contribution is -2.48. The number of hydrogen-bond acceptors (Lipinski definition) is 3. The van der Waals surface area contributed by atoms with Gasteiger partial charge < -0.3 is 20.8 Å². The summed E-state index contributed by atoms with van der Waals surface area (Å²) in [5.74, 6) is -1.68. The SMILES string of the molecule is O=C(O)N[C@@H](Cc1cc(F)cc(F)c1)[C@H](O)CNCc1cccc(C(F)(F)F)c1. The molecule has 0 bridgehead atoms. The van der Waals surface area contributed by atoms with Gasteiger partial charge in [-0.25, -0.2) is 13.6 Å². The maximum absolute atomic E-state index is 13.3. The molecule has 2 aromatic rings. The van der Waals surface area contributed by atoms with Crippen LogP contribution in [0.4, 0.5) is 26.7 Å². The van der Waals surface area contributed by atoms with Crippen molar-refractivity contribution in [2.75, 3.05) is 6.54 Å². The maximum atomic E-state index is 13.3. The maximum Gasteiger partial charge on any atom is 0.416 e. The number of benzene rings is 2. The Morgan fingerprint density at radius 3 is 2.28 bits per heavy atom. The molecule has 0 spiro atoms. The van der Waals surface area contributed by atoms with E-state index >= 15 is 0 Å². The standard InChI is InChI=1S/C19H19F5N2O3/c20-14-5-12(6-15(21)8-14)7-16(26-18(28)29)17(27)10-25-9-11-2-1-3-13(4-11)19(22,23)24/h1-6,8,16-17,25-27H,7,9-10H2,(H,28,29)/t16-,17+/m0/s1. The van der Waals surface area contributed by atoms with Crippen molar-refractivity contribution in [3.8, 4) is 0 Å². The summed E-state index contributed by atoms with van der Waals surface area (Å²) in [5, 5.41) is 24.0. The van der Waals surface area contributed by atoms with Crippen LogP contribution >= 0.6 is 0 Å². The number of amides is 1. The van der Waals surface area contributed by atoms with Gasteiger partial charge in [0, 0.05) is 19.2 Å². The summed E-state index contributed by atoms with van der Waals surface area (Å²) in [4.78, 5) is 11.0. The third-order valence-corrected chi connectivity index (χ3v) is 4.09. The lowest BCUT2D eigenvalue weighted by Gasteiger charge is -2.23. The molecule has 0 aromatic heterocycles. The van der Waals surface area contributed by atoms with Gasteiger partial charge in [-0.1, -0.05) is 18.2 Å². The predicted molar refractivity (Wildman–Crippen MR) is 94.2 cm³/mol. The van der Waals surface area contributed by atoms with Crippen molar-refractivity contribution in [1.29, 1.82) is 0 Å². The Balaban J connectivity index is 1.99. The van der Waals surface area contributed by atoms with Gasteiger partial charge in [0.2, 0.25) is 0 Å². The molecule has 5 nitrogen and oxygen atoms in total. The minimum Gasteiger partial charge on any atom is -0.465 e. The van der Waals surface area contributed by atoms with Gasteiger partial charge in [-0.2, -0.15) is 13.2 Å². The summed E-state index contributed by atoms with van der Waals surface area (Å²) in [6.07, 6.45) is -7.41. The molecule has 158 valence electrons. The molecule has 2 aromatic carbocycles. The van der Waals surface area contributed by atoms with Crippen LogP contribution in [0.3, 0.4) is 0 Å². The summed E-state index contributed by atoms with van der Waals surface area (Å²) in [7, 11) is 0. The van der Waals surface area contributed by atoms with Crippen molar-refractivity contribution < 1.29 is 37.0 Å². The highest BCUT2D eigenvalue weighted by atomic mass is 19.4. The molecule has 10 heteroatoms. The van der Waals surface area contributed by atoms with E-state index < -0.39 is 41.6 Å². The molecule has 0 radical (unpaired) electrons. The fourth-order valence-corrected chi connectivity index (χ4v) is 2.79. The minimum atomic E-state index is -4.48. The molecule has 0 aliphatic rings. The van der Waals surface area contributed by atoms with Crippen LogP contribution < -0.4 is 10.6 Å². The van der Waals surface area contributed by atoms with Gasteiger partial charge in [0.15, 0.2) is 0 Å². The zero-order chi connectivity index (χ0) is 21.6. The first-order valence-electron chi connectivity index (χ1n) is 8.54. The van der Waals surface area contributed by atoms with Crippen molar-refractivity contribution in [1.82, 2.24) is 10.6 Å². The molecule has 0 aliphatic heterocycles. The normalized spacial score (nSPS) is 13.7. The van der Waals surface area contributed by atoms with E-state index in [1.807, 2.05) is 0 Å². The van der Waals surface area contributed by atoms with Crippen LogP contribution in [0.2, 0.25) is 0 Å². The second-order valence-corrected chi connectivity index (χ2v) is 6.43. The van der Waals surface area contributed by atoms with Gasteiger partial charge in [0.1, 0.15) is 11.6 Å². The minimum absolute atomic E-state index is 0.00460. The summed E-state index contributed by atoms with van der Waals surface area (Å²) in [6.45, 7) is -0.172. The molecule has 2 atom stereocenters. The molecular weight excluding hydrogens is 399 g/mol. The number of aliphatic hydroxyl groups excluding tert-OH is 1. The number of carboxylic acid groups (broad SMARTS) is 1. The van der Waals surface area contributed by atoms with E-state index in [-0.39, 0.29) is 25.1 Å². The zero-order valence-electron chi connectivity index (χ0n) is 15.0. The highest BCUT2D eigenvalue weighted by Crippen LogP contribution is 2.29. The van der Waals surface area contributed by atoms with Crippen LogP contribution in [-0.4, -0.2) is 35.0 Å². The summed E-state index contributed by atoms with van der Waals surface area (Å²) in [5.41, 5.74) is -0.351. The lowest BCUT2D eigenvalue weighted by molar-refractivity contribution is -0.137. The number of halogens is 5. The topological polar surface area (TPSA) is 81.6 Å². The number of hydrogen-bond donors (Lipinski definition) is 4. The summed E-state index contributed by atoms with van der Waals surface area (Å²) < 4.78 is 64.8. The fourth-order valence-electron chi connectivity index (χ4n) is 2.79. The number of nitrogens with one attached hydrogen (secondary N) is 2. The highest BCUT2D eigenvalue weighted by molar-refractivity contribution is 5.65. The summed E-state index contributed by atoms with van der Waals surface area (Å²) >= 11 is 0. The Hall–Kier alpha value is -2.72. The van der Waals surface area contributed by atoms with Gasteiger partial charge in [-0.3, -0.25) is 0 Å². The number of rotatable bonds is 8. The molecule has 0 aliphatic carbocycles. The molecule has 0 unspecified atom stereocenters. The van der Waals surface area contributed by atoms with Gasteiger partial charge >= 0.3 is 12.3 Å². The zero-order valence-corrected chi connectivity index (χ0v) is 15.0. The van der Waals surface area contributed by atoms with Gasteiger partial charge in [0.05, 0.1) is 17.7 Å². The molecule has 29 heavy (non-hydrogen) atoms. The van der Waals surface area contributed by atoms with Gasteiger partial charge in [-0.15, -0.1) is 0 Å². The molecule has 0 saturated carbocycles. The molecule has 0 heterocycles. The monoisotopic (exact) mass is 418 g/mol. The molecule has 2 rings (SSSR count). The van der Waals surface area contributed by atoms with Gasteiger partial charge in [0.25, 0.3) is 0 Å². The first-order valence-corrected chi connectivity index (χ1v) is 8.54. The Morgan fingerprint density at radius 1 is 1.03 bits per heavy atom. The first kappa shape index (κ1) is 22.6. The Bertz CT molecular complexity index is 825. The third kappa shape index (κ3) is 7.31. The van der Waals surface area contributed by atoms with Crippen molar-refractivity contribution >= 4 is 6.09 Å². The molecule has 4 N–H and O–H groups in total. The van der Waals surface area contributed by atoms with Crippen molar-refractivity contribution in [2.45, 2.75) is 31.3 Å². The van der Waals surface area contributed by atoms with Crippen LogP contribution in [0, 0.1) is 11.6 Å². The van der Waals surface area contributed by atoms with Crippen LogP contribution in [0.5, 0.6) is 0 Å². The first-order chi connectivity index (χ1) is 13.5. The molecule has 0 fully saturated rings. The third-order valence-electron chi connectivity index (χ3n) is 4.09. The van der Waals surface area contributed by atoms with Crippen LogP contribution in [0.15, 0.2) is 42.5 Å². The Morgan fingerprint density at radius 2 is 1.69 bits per heavy atom. The number of aliphatic hydroxyl groups is 1. The average molecular weight is 418 g/mol. The highest BCUT2D eigenvalue weighted by Gasteiger charge is 2.30. The second-order valence-electron chi connectivity index (χ2n) is 6.43. The van der Waals surface area contributed by atoms with E-state index in [2.05, 4.69) is 10.6 Å². The summed E-state index contributed by atoms with van der Waals surface area (Å²) in [6, 6.07) is 6.22. The Kier molecular flexibility index (Phi) is 7.52. The van der Waals surface area contributed by atoms with Crippen molar-refractivity contribution in [3.05, 3.63) is 70.8 Å². The van der Waals surface area contributed by atoms with Crippen LogP contribution in [0.1, 0.15) is 16.7 Å².